The van der Waals surface area contributed by atoms with Crippen molar-refractivity contribution < 1.29 is 5.11 Å². The Bertz CT molecular complexity index is 710. The summed E-state index contributed by atoms with van der Waals surface area (Å²) in [5.41, 5.74) is 6.43. The van der Waals surface area contributed by atoms with Crippen LogP contribution in [0.4, 0.5) is 0 Å². The predicted molar refractivity (Wildman–Crippen MR) is 140 cm³/mol. The fraction of sp³-hybridized carbons (Fsp3) is 0.806. The Labute approximate surface area is 199 Å². The van der Waals surface area contributed by atoms with Crippen molar-refractivity contribution in [2.24, 2.45) is 35.0 Å². The zero-order valence-corrected chi connectivity index (χ0v) is 22.2. The lowest BCUT2D eigenvalue weighted by atomic mass is 9.60. The summed E-state index contributed by atoms with van der Waals surface area (Å²) in [6.07, 6.45) is 17.2. The molecule has 3 saturated carbocycles. The Morgan fingerprint density at radius 3 is 2.56 bits per heavy atom. The normalized spacial score (nSPS) is 37.1. The molecule has 3 aliphatic rings. The predicted octanol–water partition coefficient (Wildman–Crippen LogP) is 9.04. The van der Waals surface area contributed by atoms with Crippen LogP contribution in [0.3, 0.4) is 0 Å². The number of fused-ring (bicyclic) bond motifs is 1. The summed E-state index contributed by atoms with van der Waals surface area (Å²) < 4.78 is 0. The first-order chi connectivity index (χ1) is 15.2. The highest BCUT2D eigenvalue weighted by Crippen LogP contribution is 2.60. The number of hydrogen-bond donors (Lipinski definition) is 1. The molecule has 0 aliphatic heterocycles. The average molecular weight is 441 g/mol. The van der Waals surface area contributed by atoms with Crippen molar-refractivity contribution in [3.63, 3.8) is 0 Å². The van der Waals surface area contributed by atoms with Gasteiger partial charge in [0.05, 0.1) is 6.10 Å². The van der Waals surface area contributed by atoms with Gasteiger partial charge in [-0.15, -0.1) is 0 Å². The largest absolute Gasteiger partial charge is 0.392 e. The Morgan fingerprint density at radius 1 is 1.16 bits per heavy atom. The molecule has 1 heteroatoms. The summed E-state index contributed by atoms with van der Waals surface area (Å²) in [5, 5.41) is 10.6. The average Bonchev–Trinajstić information content (AvgIpc) is 3.10. The zero-order valence-electron chi connectivity index (χ0n) is 22.2. The lowest BCUT2D eigenvalue weighted by molar-refractivity contribution is 0.0920. The highest BCUT2D eigenvalue weighted by Gasteiger charge is 2.50. The van der Waals surface area contributed by atoms with Gasteiger partial charge in [-0.25, -0.2) is 0 Å². The quantitative estimate of drug-likeness (QED) is 0.399. The van der Waals surface area contributed by atoms with Gasteiger partial charge < -0.3 is 5.11 Å². The number of allylic oxidation sites excluding steroid dienone is 4. The van der Waals surface area contributed by atoms with Crippen molar-refractivity contribution in [2.45, 2.75) is 125 Å². The topological polar surface area (TPSA) is 20.2 Å². The molecule has 0 bridgehead atoms. The Balaban J connectivity index is 1.81. The molecular weight excluding hydrogens is 388 g/mol. The minimum atomic E-state index is -0.195. The first kappa shape index (κ1) is 25.8. The second-order valence-electron chi connectivity index (χ2n) is 12.2. The number of rotatable bonds is 8. The third-order valence-corrected chi connectivity index (χ3v) is 9.72. The summed E-state index contributed by atoms with van der Waals surface area (Å²) >= 11 is 0. The Morgan fingerprint density at radius 2 is 1.91 bits per heavy atom. The van der Waals surface area contributed by atoms with E-state index in [1.165, 1.54) is 62.5 Å². The molecule has 32 heavy (non-hydrogen) atoms. The van der Waals surface area contributed by atoms with Crippen LogP contribution in [0.2, 0.25) is 0 Å². The Kier molecular flexibility index (Phi) is 8.92. The molecule has 0 amide bonds. The number of aliphatic hydroxyl groups excluding tert-OH is 1. The highest BCUT2D eigenvalue weighted by molar-refractivity contribution is 5.41. The van der Waals surface area contributed by atoms with E-state index in [9.17, 15) is 5.11 Å². The van der Waals surface area contributed by atoms with Crippen LogP contribution >= 0.6 is 0 Å². The smallest absolute Gasteiger partial charge is 0.0611 e. The van der Waals surface area contributed by atoms with E-state index in [4.69, 9.17) is 0 Å². The molecule has 0 heterocycles. The molecular formula is C31H52O. The van der Waals surface area contributed by atoms with Crippen molar-refractivity contribution in [1.29, 1.82) is 0 Å². The minimum absolute atomic E-state index is 0.195. The molecule has 2 unspecified atom stereocenters. The third-order valence-electron chi connectivity index (χ3n) is 9.72. The van der Waals surface area contributed by atoms with Gasteiger partial charge >= 0.3 is 0 Å². The first-order valence-electron chi connectivity index (χ1n) is 14.0. The summed E-state index contributed by atoms with van der Waals surface area (Å²) in [4.78, 5) is 0. The van der Waals surface area contributed by atoms with Crippen molar-refractivity contribution in [3.8, 4) is 0 Å². The van der Waals surface area contributed by atoms with Crippen LogP contribution in [0.5, 0.6) is 0 Å². The fourth-order valence-corrected chi connectivity index (χ4v) is 7.73. The lowest BCUT2D eigenvalue weighted by Gasteiger charge is -2.45. The third kappa shape index (κ3) is 5.45. The molecule has 0 radical (unpaired) electrons. The SMILES string of the molecule is C=C1CC(CC)[C@H](O)CC1=CC(CC)=C1CCC[C@@]2(C)C1CC[C@@H]2[C@H](C)CCCC(C)C. The zero-order chi connectivity index (χ0) is 23.5. The van der Waals surface area contributed by atoms with Gasteiger partial charge in [0.25, 0.3) is 0 Å². The molecule has 182 valence electrons. The molecule has 0 spiro atoms. The van der Waals surface area contributed by atoms with Gasteiger partial charge in [-0.2, -0.15) is 0 Å². The summed E-state index contributed by atoms with van der Waals surface area (Å²) in [7, 11) is 0. The lowest BCUT2D eigenvalue weighted by Crippen LogP contribution is -2.36. The van der Waals surface area contributed by atoms with Crippen molar-refractivity contribution in [3.05, 3.63) is 34.9 Å². The molecule has 6 atom stereocenters. The van der Waals surface area contributed by atoms with Crippen LogP contribution in [-0.4, -0.2) is 11.2 Å². The molecule has 3 fully saturated rings. The van der Waals surface area contributed by atoms with E-state index in [1.54, 1.807) is 11.1 Å². The van der Waals surface area contributed by atoms with E-state index >= 15 is 0 Å². The van der Waals surface area contributed by atoms with Crippen molar-refractivity contribution in [1.82, 2.24) is 0 Å². The second-order valence-corrected chi connectivity index (χ2v) is 12.2. The van der Waals surface area contributed by atoms with E-state index in [2.05, 4.69) is 54.2 Å². The minimum Gasteiger partial charge on any atom is -0.392 e. The van der Waals surface area contributed by atoms with E-state index in [1.807, 2.05) is 0 Å². The van der Waals surface area contributed by atoms with Crippen LogP contribution in [0.25, 0.3) is 0 Å². The molecule has 1 N–H and O–H groups in total. The van der Waals surface area contributed by atoms with Crippen LogP contribution in [0.1, 0.15) is 119 Å². The van der Waals surface area contributed by atoms with Gasteiger partial charge in [-0.05, 0) is 97.5 Å². The van der Waals surface area contributed by atoms with E-state index in [0.29, 0.717) is 11.3 Å². The van der Waals surface area contributed by atoms with Gasteiger partial charge in [0.1, 0.15) is 0 Å². The monoisotopic (exact) mass is 440 g/mol. The molecule has 0 aromatic heterocycles. The summed E-state index contributed by atoms with van der Waals surface area (Å²) in [5.74, 6) is 3.73. The van der Waals surface area contributed by atoms with Crippen LogP contribution in [0, 0.1) is 35.0 Å². The maximum absolute atomic E-state index is 10.6. The standard InChI is InChI=1S/C31H52O/c1-8-24(19-26-20-30(32)25(9-2)18-23(26)6)27-14-11-17-31(7)28(15-16-29(27)31)22(5)13-10-12-21(3)4/h19,21-22,25,28-30,32H,6,8-18,20H2,1-5,7H3/t22-,25?,28-,29?,30-,31-/m1/s1. The van der Waals surface area contributed by atoms with Gasteiger partial charge in [0.15, 0.2) is 0 Å². The second kappa shape index (κ2) is 11.1. The maximum atomic E-state index is 10.6. The first-order valence-corrected chi connectivity index (χ1v) is 14.0. The van der Waals surface area contributed by atoms with Crippen LogP contribution in [0.15, 0.2) is 34.9 Å². The van der Waals surface area contributed by atoms with Crippen molar-refractivity contribution in [2.75, 3.05) is 0 Å². The van der Waals surface area contributed by atoms with E-state index in [0.717, 1.165) is 49.4 Å². The molecule has 0 aromatic carbocycles. The van der Waals surface area contributed by atoms with Crippen molar-refractivity contribution >= 4 is 0 Å². The van der Waals surface area contributed by atoms with Gasteiger partial charge in [0, 0.05) is 0 Å². The van der Waals surface area contributed by atoms with E-state index in [-0.39, 0.29) is 6.10 Å². The maximum Gasteiger partial charge on any atom is 0.0611 e. The number of hydrogen-bond acceptors (Lipinski definition) is 1. The highest BCUT2D eigenvalue weighted by atomic mass is 16.3. The van der Waals surface area contributed by atoms with Crippen LogP contribution < -0.4 is 0 Å². The van der Waals surface area contributed by atoms with Gasteiger partial charge in [0.2, 0.25) is 0 Å². The van der Waals surface area contributed by atoms with Gasteiger partial charge in [-0.3, -0.25) is 0 Å². The fourth-order valence-electron chi connectivity index (χ4n) is 7.73. The summed E-state index contributed by atoms with van der Waals surface area (Å²) in [6.45, 7) is 18.9. The Hall–Kier alpha value is -0.820. The number of aliphatic hydroxyl groups is 1. The van der Waals surface area contributed by atoms with E-state index < -0.39 is 0 Å². The molecule has 3 rings (SSSR count). The van der Waals surface area contributed by atoms with Crippen LogP contribution in [-0.2, 0) is 0 Å². The molecule has 1 nitrogen and oxygen atoms in total. The summed E-state index contributed by atoms with van der Waals surface area (Å²) in [6, 6.07) is 0. The molecule has 0 saturated heterocycles. The molecule has 0 aromatic rings. The van der Waals surface area contributed by atoms with Gasteiger partial charge in [-0.1, -0.05) is 91.0 Å². The molecule has 3 aliphatic carbocycles.